The van der Waals surface area contributed by atoms with Crippen LogP contribution in [0.4, 0.5) is 0 Å². The number of aromatic nitrogens is 2. The Balaban J connectivity index is 1.60. The minimum absolute atomic E-state index is 0.537. The van der Waals surface area contributed by atoms with Gasteiger partial charge in [-0.1, -0.05) is 43.3 Å². The van der Waals surface area contributed by atoms with Crippen molar-refractivity contribution in [1.82, 2.24) is 15.0 Å². The van der Waals surface area contributed by atoms with Crippen LogP contribution >= 0.6 is 0 Å². The predicted molar refractivity (Wildman–Crippen MR) is 81.9 cm³/mol. The SMILES string of the molecule is CC(C)Cc1nc(CN(C)C2Cc3ccccc3C2)no1. The van der Waals surface area contributed by atoms with Crippen LogP contribution in [0.15, 0.2) is 28.8 Å². The summed E-state index contributed by atoms with van der Waals surface area (Å²) in [7, 11) is 2.15. The van der Waals surface area contributed by atoms with Crippen LogP contribution in [-0.2, 0) is 25.8 Å². The second kappa shape index (κ2) is 5.98. The minimum Gasteiger partial charge on any atom is -0.339 e. The molecule has 1 aromatic heterocycles. The van der Waals surface area contributed by atoms with Crippen molar-refractivity contribution in [3.8, 4) is 0 Å². The zero-order valence-electron chi connectivity index (χ0n) is 13.0. The molecule has 3 rings (SSSR count). The van der Waals surface area contributed by atoms with Crippen molar-refractivity contribution in [3.05, 3.63) is 47.1 Å². The highest BCUT2D eigenvalue weighted by molar-refractivity contribution is 5.33. The molecule has 0 radical (unpaired) electrons. The van der Waals surface area contributed by atoms with Crippen molar-refractivity contribution in [3.63, 3.8) is 0 Å². The van der Waals surface area contributed by atoms with Crippen LogP contribution in [0.1, 0.15) is 36.7 Å². The molecule has 0 saturated carbocycles. The van der Waals surface area contributed by atoms with Crippen molar-refractivity contribution >= 4 is 0 Å². The quantitative estimate of drug-likeness (QED) is 0.847. The fraction of sp³-hybridized carbons (Fsp3) is 0.529. The van der Waals surface area contributed by atoms with Crippen molar-refractivity contribution in [2.45, 2.75) is 45.7 Å². The zero-order chi connectivity index (χ0) is 14.8. The molecule has 1 heterocycles. The Labute approximate surface area is 126 Å². The van der Waals surface area contributed by atoms with E-state index in [-0.39, 0.29) is 0 Å². The maximum Gasteiger partial charge on any atom is 0.226 e. The average molecular weight is 285 g/mol. The van der Waals surface area contributed by atoms with Crippen molar-refractivity contribution < 1.29 is 4.52 Å². The van der Waals surface area contributed by atoms with Gasteiger partial charge in [-0.05, 0) is 36.9 Å². The summed E-state index contributed by atoms with van der Waals surface area (Å²) in [5.74, 6) is 2.09. The summed E-state index contributed by atoms with van der Waals surface area (Å²) in [5.41, 5.74) is 2.95. The number of fused-ring (bicyclic) bond motifs is 1. The van der Waals surface area contributed by atoms with E-state index in [1.807, 2.05) is 0 Å². The predicted octanol–water partition coefficient (Wildman–Crippen LogP) is 2.87. The van der Waals surface area contributed by atoms with Crippen molar-refractivity contribution in [2.24, 2.45) is 5.92 Å². The molecule has 0 unspecified atom stereocenters. The molecule has 21 heavy (non-hydrogen) atoms. The van der Waals surface area contributed by atoms with E-state index in [0.29, 0.717) is 12.0 Å². The number of benzene rings is 1. The smallest absolute Gasteiger partial charge is 0.226 e. The lowest BCUT2D eigenvalue weighted by Gasteiger charge is -2.22. The molecular weight excluding hydrogens is 262 g/mol. The number of rotatable bonds is 5. The summed E-state index contributed by atoms with van der Waals surface area (Å²) in [6.07, 6.45) is 3.08. The molecule has 4 nitrogen and oxygen atoms in total. The molecule has 0 N–H and O–H groups in total. The molecule has 1 aliphatic rings. The van der Waals surface area contributed by atoms with Crippen LogP contribution < -0.4 is 0 Å². The van der Waals surface area contributed by atoms with E-state index < -0.39 is 0 Å². The summed E-state index contributed by atoms with van der Waals surface area (Å²) >= 11 is 0. The van der Waals surface area contributed by atoms with Crippen LogP contribution in [0.5, 0.6) is 0 Å². The standard InChI is InChI=1S/C17H23N3O/c1-12(2)8-17-18-16(19-21-17)11-20(3)15-9-13-6-4-5-7-14(13)10-15/h4-7,12,15H,8-11H2,1-3H3. The highest BCUT2D eigenvalue weighted by atomic mass is 16.5. The third-order valence-electron chi connectivity index (χ3n) is 4.14. The molecule has 0 amide bonds. The lowest BCUT2D eigenvalue weighted by molar-refractivity contribution is 0.231. The fourth-order valence-corrected chi connectivity index (χ4v) is 2.99. The maximum absolute atomic E-state index is 5.31. The largest absolute Gasteiger partial charge is 0.339 e. The van der Waals surface area contributed by atoms with Gasteiger partial charge >= 0.3 is 0 Å². The van der Waals surface area contributed by atoms with Crippen LogP contribution in [0.25, 0.3) is 0 Å². The summed E-state index contributed by atoms with van der Waals surface area (Å²) in [6.45, 7) is 5.07. The lowest BCUT2D eigenvalue weighted by Crippen LogP contribution is -2.32. The van der Waals surface area contributed by atoms with Gasteiger partial charge in [-0.15, -0.1) is 0 Å². The number of nitrogens with zero attached hydrogens (tertiary/aromatic N) is 3. The second-order valence-corrected chi connectivity index (χ2v) is 6.45. The molecule has 0 saturated heterocycles. The Morgan fingerprint density at radius 1 is 1.24 bits per heavy atom. The average Bonchev–Trinajstić information content (AvgIpc) is 3.04. The van der Waals surface area contributed by atoms with Crippen molar-refractivity contribution in [1.29, 1.82) is 0 Å². The van der Waals surface area contributed by atoms with E-state index in [1.54, 1.807) is 0 Å². The Kier molecular flexibility index (Phi) is 4.06. The monoisotopic (exact) mass is 285 g/mol. The molecule has 2 aromatic rings. The summed E-state index contributed by atoms with van der Waals surface area (Å²) in [5, 5.41) is 4.10. The number of hydrogen-bond donors (Lipinski definition) is 0. The first kappa shape index (κ1) is 14.3. The third kappa shape index (κ3) is 3.32. The topological polar surface area (TPSA) is 42.2 Å². The fourth-order valence-electron chi connectivity index (χ4n) is 2.99. The maximum atomic E-state index is 5.31. The van der Waals surface area contributed by atoms with Gasteiger partial charge in [0.15, 0.2) is 5.82 Å². The minimum atomic E-state index is 0.537. The second-order valence-electron chi connectivity index (χ2n) is 6.45. The van der Waals surface area contributed by atoms with Gasteiger partial charge in [-0.3, -0.25) is 4.90 Å². The van der Waals surface area contributed by atoms with E-state index in [4.69, 9.17) is 4.52 Å². The highest BCUT2D eigenvalue weighted by Gasteiger charge is 2.25. The summed E-state index contributed by atoms with van der Waals surface area (Å²) in [4.78, 5) is 6.83. The molecular formula is C17H23N3O. The molecule has 0 atom stereocenters. The van der Waals surface area contributed by atoms with Crippen LogP contribution in [0.3, 0.4) is 0 Å². The van der Waals surface area contributed by atoms with Gasteiger partial charge in [0.25, 0.3) is 0 Å². The van der Waals surface area contributed by atoms with Crippen LogP contribution in [0, 0.1) is 5.92 Å². The Morgan fingerprint density at radius 2 is 1.90 bits per heavy atom. The molecule has 0 bridgehead atoms. The Bertz CT molecular complexity index is 581. The van der Waals surface area contributed by atoms with E-state index in [0.717, 1.165) is 37.5 Å². The molecule has 112 valence electrons. The van der Waals surface area contributed by atoms with Gasteiger partial charge in [-0.25, -0.2) is 0 Å². The first-order chi connectivity index (χ1) is 10.1. The van der Waals surface area contributed by atoms with Gasteiger partial charge < -0.3 is 4.52 Å². The number of likely N-dealkylation sites (N-methyl/N-ethyl adjacent to an activating group) is 1. The first-order valence-corrected chi connectivity index (χ1v) is 7.70. The van der Waals surface area contributed by atoms with Gasteiger partial charge in [0.2, 0.25) is 5.89 Å². The molecule has 0 spiro atoms. The van der Waals surface area contributed by atoms with Crippen molar-refractivity contribution in [2.75, 3.05) is 7.05 Å². The molecule has 0 aliphatic heterocycles. The first-order valence-electron chi connectivity index (χ1n) is 7.70. The highest BCUT2D eigenvalue weighted by Crippen LogP contribution is 2.25. The molecule has 0 fully saturated rings. The van der Waals surface area contributed by atoms with E-state index in [2.05, 4.69) is 60.2 Å². The zero-order valence-corrected chi connectivity index (χ0v) is 13.0. The van der Waals surface area contributed by atoms with Crippen LogP contribution in [-0.4, -0.2) is 28.1 Å². The van der Waals surface area contributed by atoms with Gasteiger partial charge in [-0.2, -0.15) is 4.98 Å². The summed E-state index contributed by atoms with van der Waals surface area (Å²) in [6, 6.07) is 9.25. The lowest BCUT2D eigenvalue weighted by atomic mass is 10.1. The van der Waals surface area contributed by atoms with Gasteiger partial charge in [0.1, 0.15) is 0 Å². The molecule has 1 aromatic carbocycles. The summed E-state index contributed by atoms with van der Waals surface area (Å²) < 4.78 is 5.31. The van der Waals surface area contributed by atoms with Gasteiger partial charge in [0, 0.05) is 12.5 Å². The van der Waals surface area contributed by atoms with E-state index in [1.165, 1.54) is 11.1 Å². The third-order valence-corrected chi connectivity index (χ3v) is 4.14. The van der Waals surface area contributed by atoms with Gasteiger partial charge in [0.05, 0.1) is 6.54 Å². The Morgan fingerprint density at radius 3 is 2.52 bits per heavy atom. The molecule has 1 aliphatic carbocycles. The van der Waals surface area contributed by atoms with Crippen LogP contribution in [0.2, 0.25) is 0 Å². The Hall–Kier alpha value is -1.68. The normalized spacial score (nSPS) is 15.1. The van der Waals surface area contributed by atoms with E-state index in [9.17, 15) is 0 Å². The van der Waals surface area contributed by atoms with E-state index >= 15 is 0 Å². The number of hydrogen-bond acceptors (Lipinski definition) is 4. The molecule has 4 heteroatoms.